The molecule has 2 amide bonds. The van der Waals surface area contributed by atoms with Crippen molar-refractivity contribution in [1.82, 2.24) is 10.2 Å². The molecule has 3 N–H and O–H groups in total. The van der Waals surface area contributed by atoms with Gasteiger partial charge in [-0.3, -0.25) is 9.59 Å². The average Bonchev–Trinajstić information content (AvgIpc) is 2.46. The molecule has 0 aliphatic carbocycles. The van der Waals surface area contributed by atoms with Crippen molar-refractivity contribution >= 4 is 11.8 Å². The van der Waals surface area contributed by atoms with Crippen molar-refractivity contribution in [3.05, 3.63) is 35.9 Å². The maximum atomic E-state index is 12.4. The molecule has 1 heterocycles. The van der Waals surface area contributed by atoms with E-state index in [0.717, 1.165) is 5.56 Å². The fourth-order valence-electron chi connectivity index (χ4n) is 2.37. The van der Waals surface area contributed by atoms with Crippen molar-refractivity contribution in [3.8, 4) is 0 Å². The summed E-state index contributed by atoms with van der Waals surface area (Å²) in [7, 11) is 0. The minimum absolute atomic E-state index is 0.0950. The maximum absolute atomic E-state index is 12.4. The monoisotopic (exact) mass is 261 g/mol. The highest BCUT2D eigenvalue weighted by molar-refractivity contribution is 5.91. The number of piperazine rings is 1. The Hall–Kier alpha value is -1.88. The molecule has 0 spiro atoms. The topological polar surface area (TPSA) is 75.4 Å². The van der Waals surface area contributed by atoms with Crippen LogP contribution in [-0.2, 0) is 9.59 Å². The van der Waals surface area contributed by atoms with E-state index >= 15 is 0 Å². The largest absolute Gasteiger partial charge is 0.353 e. The summed E-state index contributed by atoms with van der Waals surface area (Å²) in [6, 6.07) is 8.12. The van der Waals surface area contributed by atoms with Gasteiger partial charge in [-0.2, -0.15) is 0 Å². The van der Waals surface area contributed by atoms with E-state index in [1.165, 1.54) is 0 Å². The van der Waals surface area contributed by atoms with Gasteiger partial charge in [0.05, 0.1) is 0 Å². The summed E-state index contributed by atoms with van der Waals surface area (Å²) >= 11 is 0. The minimum Gasteiger partial charge on any atom is -0.353 e. The van der Waals surface area contributed by atoms with Gasteiger partial charge in [-0.05, 0) is 12.0 Å². The number of hydrogen-bond donors (Lipinski definition) is 2. The van der Waals surface area contributed by atoms with Gasteiger partial charge in [0.2, 0.25) is 11.8 Å². The molecule has 1 aromatic carbocycles. The molecule has 2 atom stereocenters. The number of carbonyl (C=O) groups is 2. The Bertz CT molecular complexity index is 461. The molecule has 5 heteroatoms. The SMILES string of the molecule is CCC1C(=O)NCCN1C(=O)C(N)c1ccccc1. The van der Waals surface area contributed by atoms with Gasteiger partial charge in [0.1, 0.15) is 12.1 Å². The summed E-state index contributed by atoms with van der Waals surface area (Å²) in [5.41, 5.74) is 6.78. The van der Waals surface area contributed by atoms with E-state index in [9.17, 15) is 9.59 Å². The van der Waals surface area contributed by atoms with E-state index in [0.29, 0.717) is 19.5 Å². The van der Waals surface area contributed by atoms with Gasteiger partial charge in [0, 0.05) is 13.1 Å². The standard InChI is InChI=1S/C14H19N3O2/c1-2-11-13(18)16-8-9-17(11)14(19)12(15)10-6-4-3-5-7-10/h3-7,11-12H,2,8-9,15H2,1H3,(H,16,18). The van der Waals surface area contributed by atoms with E-state index in [4.69, 9.17) is 5.73 Å². The minimum atomic E-state index is -0.707. The lowest BCUT2D eigenvalue weighted by molar-refractivity contribution is -0.144. The fraction of sp³-hybridized carbons (Fsp3) is 0.429. The zero-order valence-electron chi connectivity index (χ0n) is 11.0. The summed E-state index contributed by atoms with van der Waals surface area (Å²) in [4.78, 5) is 25.8. The van der Waals surface area contributed by atoms with Crippen LogP contribution in [0.5, 0.6) is 0 Å². The maximum Gasteiger partial charge on any atom is 0.244 e. The molecule has 1 aliphatic rings. The van der Waals surface area contributed by atoms with Gasteiger partial charge in [-0.25, -0.2) is 0 Å². The van der Waals surface area contributed by atoms with Crippen molar-refractivity contribution in [1.29, 1.82) is 0 Å². The first-order valence-electron chi connectivity index (χ1n) is 6.54. The molecule has 1 aliphatic heterocycles. The van der Waals surface area contributed by atoms with Gasteiger partial charge < -0.3 is 16.0 Å². The number of benzene rings is 1. The van der Waals surface area contributed by atoms with Crippen molar-refractivity contribution in [2.45, 2.75) is 25.4 Å². The molecule has 1 aromatic rings. The second kappa shape index (κ2) is 5.84. The summed E-state index contributed by atoms with van der Waals surface area (Å²) in [5.74, 6) is -0.282. The first kappa shape index (κ1) is 13.5. The molecular weight excluding hydrogens is 242 g/mol. The number of carbonyl (C=O) groups excluding carboxylic acids is 2. The summed E-state index contributed by atoms with van der Waals surface area (Å²) in [6.07, 6.45) is 0.596. The highest BCUT2D eigenvalue weighted by Crippen LogP contribution is 2.17. The molecule has 102 valence electrons. The van der Waals surface area contributed by atoms with E-state index in [1.54, 1.807) is 4.90 Å². The zero-order chi connectivity index (χ0) is 13.8. The van der Waals surface area contributed by atoms with Crippen LogP contribution in [-0.4, -0.2) is 35.8 Å². The second-order valence-electron chi connectivity index (χ2n) is 4.64. The number of rotatable bonds is 3. The molecule has 0 saturated carbocycles. The lowest BCUT2D eigenvalue weighted by atomic mass is 10.0. The van der Waals surface area contributed by atoms with Crippen LogP contribution in [0.1, 0.15) is 24.9 Å². The Balaban J connectivity index is 2.16. The highest BCUT2D eigenvalue weighted by atomic mass is 16.2. The Labute approximate surface area is 112 Å². The van der Waals surface area contributed by atoms with Crippen LogP contribution in [0.25, 0.3) is 0 Å². The van der Waals surface area contributed by atoms with Gasteiger partial charge in [0.15, 0.2) is 0 Å². The molecule has 0 bridgehead atoms. The van der Waals surface area contributed by atoms with Gasteiger partial charge in [-0.15, -0.1) is 0 Å². The lowest BCUT2D eigenvalue weighted by Gasteiger charge is -2.36. The molecule has 1 fully saturated rings. The Morgan fingerprint density at radius 1 is 1.47 bits per heavy atom. The zero-order valence-corrected chi connectivity index (χ0v) is 11.0. The third-order valence-corrected chi connectivity index (χ3v) is 3.43. The van der Waals surface area contributed by atoms with E-state index < -0.39 is 12.1 Å². The van der Waals surface area contributed by atoms with E-state index in [2.05, 4.69) is 5.32 Å². The average molecular weight is 261 g/mol. The van der Waals surface area contributed by atoms with Crippen LogP contribution < -0.4 is 11.1 Å². The van der Waals surface area contributed by atoms with Crippen LogP contribution in [0.4, 0.5) is 0 Å². The molecule has 2 rings (SSSR count). The van der Waals surface area contributed by atoms with Crippen molar-refractivity contribution < 1.29 is 9.59 Å². The second-order valence-corrected chi connectivity index (χ2v) is 4.64. The van der Waals surface area contributed by atoms with Crippen molar-refractivity contribution in [2.24, 2.45) is 5.73 Å². The number of nitrogens with two attached hydrogens (primary N) is 1. The summed E-state index contributed by atoms with van der Waals surface area (Å²) in [6.45, 7) is 2.90. The molecule has 1 saturated heterocycles. The van der Waals surface area contributed by atoms with Crippen molar-refractivity contribution in [3.63, 3.8) is 0 Å². The molecule has 2 unspecified atom stereocenters. The predicted molar refractivity (Wildman–Crippen MR) is 72.2 cm³/mol. The Kier molecular flexibility index (Phi) is 4.16. The van der Waals surface area contributed by atoms with Crippen LogP contribution in [0.2, 0.25) is 0 Å². The van der Waals surface area contributed by atoms with Gasteiger partial charge >= 0.3 is 0 Å². The molecule has 0 radical (unpaired) electrons. The highest BCUT2D eigenvalue weighted by Gasteiger charge is 2.34. The van der Waals surface area contributed by atoms with Crippen molar-refractivity contribution in [2.75, 3.05) is 13.1 Å². The quantitative estimate of drug-likeness (QED) is 0.828. The predicted octanol–water partition coefficient (Wildman–Crippen LogP) is 0.423. The number of amides is 2. The first-order valence-corrected chi connectivity index (χ1v) is 6.54. The van der Waals surface area contributed by atoms with Crippen LogP contribution in [0.3, 0.4) is 0 Å². The molecular formula is C14H19N3O2. The summed E-state index contributed by atoms with van der Waals surface area (Å²) < 4.78 is 0. The third kappa shape index (κ3) is 2.76. The lowest BCUT2D eigenvalue weighted by Crippen LogP contribution is -2.58. The van der Waals surface area contributed by atoms with Crippen LogP contribution in [0.15, 0.2) is 30.3 Å². The fourth-order valence-corrected chi connectivity index (χ4v) is 2.37. The number of nitrogens with zero attached hydrogens (tertiary/aromatic N) is 1. The van der Waals surface area contributed by atoms with E-state index in [-0.39, 0.29) is 11.8 Å². The molecule has 19 heavy (non-hydrogen) atoms. The normalized spacial score (nSPS) is 20.8. The van der Waals surface area contributed by atoms with Gasteiger partial charge in [-0.1, -0.05) is 37.3 Å². The molecule has 5 nitrogen and oxygen atoms in total. The van der Waals surface area contributed by atoms with Crippen LogP contribution in [0, 0.1) is 0 Å². The van der Waals surface area contributed by atoms with Crippen LogP contribution >= 0.6 is 0 Å². The number of hydrogen-bond acceptors (Lipinski definition) is 3. The number of nitrogens with one attached hydrogen (secondary N) is 1. The first-order chi connectivity index (χ1) is 9.15. The summed E-state index contributed by atoms with van der Waals surface area (Å²) in [5, 5.41) is 2.77. The smallest absolute Gasteiger partial charge is 0.244 e. The Morgan fingerprint density at radius 3 is 2.79 bits per heavy atom. The third-order valence-electron chi connectivity index (χ3n) is 3.43. The molecule has 0 aromatic heterocycles. The van der Waals surface area contributed by atoms with Gasteiger partial charge in [0.25, 0.3) is 0 Å². The van der Waals surface area contributed by atoms with E-state index in [1.807, 2.05) is 37.3 Å². The Morgan fingerprint density at radius 2 is 2.16 bits per heavy atom.